The summed E-state index contributed by atoms with van der Waals surface area (Å²) in [7, 11) is 0. The minimum atomic E-state index is -0.0903. The quantitative estimate of drug-likeness (QED) is 0.733. The lowest BCUT2D eigenvalue weighted by Gasteiger charge is -2.36. The predicted octanol–water partition coefficient (Wildman–Crippen LogP) is 3.29. The van der Waals surface area contributed by atoms with Gasteiger partial charge in [0, 0.05) is 48.6 Å². The van der Waals surface area contributed by atoms with E-state index in [9.17, 15) is 4.79 Å². The van der Waals surface area contributed by atoms with Crippen LogP contribution in [0.3, 0.4) is 0 Å². The van der Waals surface area contributed by atoms with Crippen molar-refractivity contribution in [3.05, 3.63) is 60.0 Å². The van der Waals surface area contributed by atoms with E-state index >= 15 is 0 Å². The van der Waals surface area contributed by atoms with Crippen LogP contribution < -0.4 is 5.32 Å². The molecule has 0 aliphatic heterocycles. The fourth-order valence-electron chi connectivity index (χ4n) is 3.69. The summed E-state index contributed by atoms with van der Waals surface area (Å²) in [6.07, 6.45) is 9.52. The third-order valence-corrected chi connectivity index (χ3v) is 5.04. The molecule has 3 heterocycles. The highest BCUT2D eigenvalue weighted by Crippen LogP contribution is 2.40. The van der Waals surface area contributed by atoms with E-state index in [0.29, 0.717) is 24.4 Å². The Hall–Kier alpha value is -3.09. The van der Waals surface area contributed by atoms with E-state index in [-0.39, 0.29) is 17.4 Å². The van der Waals surface area contributed by atoms with Gasteiger partial charge in [0.15, 0.2) is 5.82 Å². The van der Waals surface area contributed by atoms with Crippen LogP contribution in [0.25, 0.3) is 11.4 Å². The van der Waals surface area contributed by atoms with Gasteiger partial charge in [-0.25, -0.2) is 9.97 Å². The molecule has 3 aromatic heterocycles. The SMILES string of the molecule is CC1(C)Cc2nc(-c3ccncc3)ncc2C(NC(=O)CCc2ccno2)C1. The van der Waals surface area contributed by atoms with Crippen LogP contribution in [0.5, 0.6) is 0 Å². The maximum Gasteiger partial charge on any atom is 0.220 e. The average Bonchev–Trinajstić information content (AvgIpc) is 3.19. The molecule has 1 aliphatic rings. The minimum Gasteiger partial charge on any atom is -0.361 e. The zero-order chi connectivity index (χ0) is 19.6. The number of amides is 1. The first-order chi connectivity index (χ1) is 13.5. The van der Waals surface area contributed by atoms with Gasteiger partial charge < -0.3 is 9.84 Å². The van der Waals surface area contributed by atoms with Crippen LogP contribution in [-0.2, 0) is 17.6 Å². The molecular weight excluding hydrogens is 354 g/mol. The normalized spacial score (nSPS) is 17.7. The summed E-state index contributed by atoms with van der Waals surface area (Å²) in [5.41, 5.74) is 2.98. The van der Waals surface area contributed by atoms with Gasteiger partial charge in [0.25, 0.3) is 0 Å². The molecule has 4 rings (SSSR count). The number of rotatable bonds is 5. The first kappa shape index (κ1) is 18.3. The van der Waals surface area contributed by atoms with Crippen molar-refractivity contribution in [2.75, 3.05) is 0 Å². The number of carbonyl (C=O) groups excluding carboxylic acids is 1. The highest BCUT2D eigenvalue weighted by atomic mass is 16.5. The summed E-state index contributed by atoms with van der Waals surface area (Å²) >= 11 is 0. The lowest BCUT2D eigenvalue weighted by atomic mass is 9.74. The molecule has 1 unspecified atom stereocenters. The summed E-state index contributed by atoms with van der Waals surface area (Å²) in [6, 6.07) is 5.49. The second-order valence-corrected chi connectivity index (χ2v) is 7.98. The Labute approximate surface area is 163 Å². The summed E-state index contributed by atoms with van der Waals surface area (Å²) in [5, 5.41) is 6.83. The molecule has 28 heavy (non-hydrogen) atoms. The number of hydrogen-bond acceptors (Lipinski definition) is 6. The molecule has 1 N–H and O–H groups in total. The number of hydrogen-bond donors (Lipinski definition) is 1. The number of aromatic nitrogens is 4. The predicted molar refractivity (Wildman–Crippen MR) is 103 cm³/mol. The van der Waals surface area contributed by atoms with Crippen LogP contribution in [0.4, 0.5) is 0 Å². The van der Waals surface area contributed by atoms with Crippen LogP contribution in [0.15, 0.2) is 47.5 Å². The van der Waals surface area contributed by atoms with Crippen LogP contribution in [0, 0.1) is 5.41 Å². The number of nitrogens with one attached hydrogen (secondary N) is 1. The Kier molecular flexibility index (Phi) is 4.90. The Bertz CT molecular complexity index is 954. The van der Waals surface area contributed by atoms with Crippen LogP contribution in [-0.4, -0.2) is 26.0 Å². The van der Waals surface area contributed by atoms with E-state index in [4.69, 9.17) is 9.51 Å². The van der Waals surface area contributed by atoms with Crippen LogP contribution >= 0.6 is 0 Å². The van der Waals surface area contributed by atoms with Crippen molar-refractivity contribution >= 4 is 5.91 Å². The van der Waals surface area contributed by atoms with E-state index in [1.165, 1.54) is 0 Å². The smallest absolute Gasteiger partial charge is 0.220 e. The van der Waals surface area contributed by atoms with E-state index < -0.39 is 0 Å². The lowest BCUT2D eigenvalue weighted by Crippen LogP contribution is -2.37. The molecule has 1 aliphatic carbocycles. The summed E-state index contributed by atoms with van der Waals surface area (Å²) in [4.78, 5) is 25.9. The third kappa shape index (κ3) is 4.08. The van der Waals surface area contributed by atoms with Crippen LogP contribution in [0.1, 0.15) is 49.7 Å². The van der Waals surface area contributed by atoms with Crippen molar-refractivity contribution in [2.24, 2.45) is 5.41 Å². The van der Waals surface area contributed by atoms with Gasteiger partial charge in [-0.05, 0) is 30.4 Å². The number of nitrogens with zero attached hydrogens (tertiary/aromatic N) is 4. The van der Waals surface area contributed by atoms with Gasteiger partial charge in [-0.15, -0.1) is 0 Å². The van der Waals surface area contributed by atoms with Gasteiger partial charge in [-0.3, -0.25) is 9.78 Å². The van der Waals surface area contributed by atoms with Gasteiger partial charge in [-0.2, -0.15) is 0 Å². The molecule has 0 fully saturated rings. The monoisotopic (exact) mass is 377 g/mol. The standard InChI is InChI=1S/C21H23N5O2/c1-21(2)11-17(25-19(27)4-3-15-7-10-24-28-15)16-13-23-20(26-18(16)12-21)14-5-8-22-9-6-14/h5-10,13,17H,3-4,11-12H2,1-2H3,(H,25,27). The Morgan fingerprint density at radius 1 is 1.25 bits per heavy atom. The molecule has 0 spiro atoms. The first-order valence-corrected chi connectivity index (χ1v) is 9.45. The summed E-state index contributed by atoms with van der Waals surface area (Å²) in [6.45, 7) is 4.41. The minimum absolute atomic E-state index is 0.0109. The lowest BCUT2D eigenvalue weighted by molar-refractivity contribution is -0.122. The highest BCUT2D eigenvalue weighted by molar-refractivity contribution is 5.76. The van der Waals surface area contributed by atoms with E-state index in [1.807, 2.05) is 18.3 Å². The Morgan fingerprint density at radius 3 is 2.82 bits per heavy atom. The van der Waals surface area contributed by atoms with Crippen molar-refractivity contribution in [3.8, 4) is 11.4 Å². The number of aryl methyl sites for hydroxylation is 1. The van der Waals surface area contributed by atoms with Crippen molar-refractivity contribution in [1.82, 2.24) is 25.4 Å². The van der Waals surface area contributed by atoms with E-state index in [1.54, 1.807) is 24.7 Å². The molecule has 0 bridgehead atoms. The largest absolute Gasteiger partial charge is 0.361 e. The Morgan fingerprint density at radius 2 is 2.07 bits per heavy atom. The van der Waals surface area contributed by atoms with Crippen molar-refractivity contribution < 1.29 is 9.32 Å². The number of pyridine rings is 1. The molecule has 144 valence electrons. The van der Waals surface area contributed by atoms with Crippen molar-refractivity contribution in [3.63, 3.8) is 0 Å². The second-order valence-electron chi connectivity index (χ2n) is 7.98. The van der Waals surface area contributed by atoms with Crippen LogP contribution in [0.2, 0.25) is 0 Å². The van der Waals surface area contributed by atoms with Crippen molar-refractivity contribution in [2.45, 2.75) is 45.6 Å². The van der Waals surface area contributed by atoms with Gasteiger partial charge in [-0.1, -0.05) is 19.0 Å². The van der Waals surface area contributed by atoms with Gasteiger partial charge in [0.2, 0.25) is 5.91 Å². The highest BCUT2D eigenvalue weighted by Gasteiger charge is 2.34. The third-order valence-electron chi connectivity index (χ3n) is 5.04. The maximum absolute atomic E-state index is 12.5. The maximum atomic E-state index is 12.5. The van der Waals surface area contributed by atoms with Crippen molar-refractivity contribution in [1.29, 1.82) is 0 Å². The fraction of sp³-hybridized carbons (Fsp3) is 0.381. The zero-order valence-corrected chi connectivity index (χ0v) is 16.1. The molecule has 3 aromatic rings. The Balaban J connectivity index is 1.53. The summed E-state index contributed by atoms with van der Waals surface area (Å²) < 4.78 is 5.06. The fourth-order valence-corrected chi connectivity index (χ4v) is 3.69. The molecule has 7 nitrogen and oxygen atoms in total. The molecular formula is C21H23N5O2. The molecule has 1 amide bonds. The first-order valence-electron chi connectivity index (χ1n) is 9.45. The number of fused-ring (bicyclic) bond motifs is 1. The van der Waals surface area contributed by atoms with Gasteiger partial charge in [0.05, 0.1) is 17.9 Å². The molecule has 0 aromatic carbocycles. The summed E-state index contributed by atoms with van der Waals surface area (Å²) in [5.74, 6) is 1.39. The van der Waals surface area contributed by atoms with Gasteiger partial charge >= 0.3 is 0 Å². The second kappa shape index (κ2) is 7.50. The topological polar surface area (TPSA) is 93.8 Å². The molecule has 7 heteroatoms. The number of carbonyl (C=O) groups is 1. The average molecular weight is 377 g/mol. The molecule has 0 saturated heterocycles. The molecule has 0 saturated carbocycles. The molecule has 0 radical (unpaired) electrons. The van der Waals surface area contributed by atoms with Gasteiger partial charge in [0.1, 0.15) is 5.76 Å². The van der Waals surface area contributed by atoms with E-state index in [0.717, 1.165) is 29.7 Å². The zero-order valence-electron chi connectivity index (χ0n) is 16.1. The molecule has 1 atom stereocenters. The van der Waals surface area contributed by atoms with E-state index in [2.05, 4.69) is 34.3 Å².